The molecular weight excluding hydrogens is 380 g/mol. The highest BCUT2D eigenvalue weighted by molar-refractivity contribution is 5.60. The van der Waals surface area contributed by atoms with Crippen LogP contribution in [-0.2, 0) is 6.54 Å². The summed E-state index contributed by atoms with van der Waals surface area (Å²) in [5.41, 5.74) is 0.860. The van der Waals surface area contributed by atoms with E-state index in [9.17, 15) is 0 Å². The van der Waals surface area contributed by atoms with Crippen LogP contribution < -0.4 is 9.47 Å². The summed E-state index contributed by atoms with van der Waals surface area (Å²) in [6.45, 7) is 6.79. The zero-order valence-corrected chi connectivity index (χ0v) is 18.3. The molecule has 0 N–H and O–H groups in total. The summed E-state index contributed by atoms with van der Waals surface area (Å²) in [4.78, 5) is 9.74. The molecule has 2 aliphatic rings. The highest BCUT2D eigenvalue weighted by atomic mass is 16.5. The fourth-order valence-corrected chi connectivity index (χ4v) is 4.61. The van der Waals surface area contributed by atoms with E-state index in [-0.39, 0.29) is 0 Å². The van der Waals surface area contributed by atoms with Gasteiger partial charge in [-0.15, -0.1) is 0 Å². The third-order valence-electron chi connectivity index (χ3n) is 6.39. The number of methoxy groups -OCH3 is 2. The number of hydrogen-bond donors (Lipinski definition) is 0. The van der Waals surface area contributed by atoms with Crippen LogP contribution in [0.3, 0.4) is 0 Å². The third kappa shape index (κ3) is 5.32. The highest BCUT2D eigenvalue weighted by Crippen LogP contribution is 2.31. The Labute approximate surface area is 179 Å². The maximum atomic E-state index is 5.53. The lowest BCUT2D eigenvalue weighted by molar-refractivity contribution is 0.130. The summed E-state index contributed by atoms with van der Waals surface area (Å²) in [7, 11) is 3.25. The number of nitrogens with zero attached hydrogens (tertiary/aromatic N) is 4. The van der Waals surface area contributed by atoms with Crippen molar-refractivity contribution in [2.24, 2.45) is 5.92 Å². The maximum Gasteiger partial charge on any atom is 0.241 e. The molecule has 0 radical (unpaired) electrons. The molecule has 1 aromatic heterocycles. The maximum absolute atomic E-state index is 5.53. The van der Waals surface area contributed by atoms with Gasteiger partial charge < -0.3 is 18.9 Å². The first-order chi connectivity index (χ1) is 14.7. The van der Waals surface area contributed by atoms with Gasteiger partial charge in [-0.05, 0) is 76.0 Å². The van der Waals surface area contributed by atoms with Crippen molar-refractivity contribution in [3.8, 4) is 22.9 Å². The molecule has 0 saturated carbocycles. The number of rotatable bonds is 7. The molecule has 164 valence electrons. The molecule has 2 aliphatic heterocycles. The van der Waals surface area contributed by atoms with Crippen LogP contribution in [0.15, 0.2) is 22.7 Å². The molecule has 0 amide bonds. The van der Waals surface area contributed by atoms with Crippen LogP contribution >= 0.6 is 0 Å². The van der Waals surface area contributed by atoms with Crippen LogP contribution in [0.4, 0.5) is 0 Å². The molecule has 1 aromatic carbocycles. The summed E-state index contributed by atoms with van der Waals surface area (Å²) in [5.74, 6) is 3.43. The Morgan fingerprint density at radius 3 is 2.37 bits per heavy atom. The Bertz CT molecular complexity index is 793. The molecule has 30 heavy (non-hydrogen) atoms. The third-order valence-corrected chi connectivity index (χ3v) is 6.39. The lowest BCUT2D eigenvalue weighted by atomic mass is 9.96. The molecule has 3 heterocycles. The molecular formula is C23H34N4O3. The van der Waals surface area contributed by atoms with Gasteiger partial charge in [-0.2, -0.15) is 4.98 Å². The quantitative estimate of drug-likeness (QED) is 0.682. The summed E-state index contributed by atoms with van der Waals surface area (Å²) in [6.07, 6.45) is 8.08. The highest BCUT2D eigenvalue weighted by Gasteiger charge is 2.23. The van der Waals surface area contributed by atoms with Crippen molar-refractivity contribution >= 4 is 0 Å². The normalized spacial score (nSPS) is 19.5. The van der Waals surface area contributed by atoms with Gasteiger partial charge in [-0.25, -0.2) is 0 Å². The van der Waals surface area contributed by atoms with Crippen molar-refractivity contribution in [1.29, 1.82) is 0 Å². The van der Waals surface area contributed by atoms with Gasteiger partial charge in [0.25, 0.3) is 0 Å². The van der Waals surface area contributed by atoms with Crippen LogP contribution in [0.2, 0.25) is 0 Å². The fraction of sp³-hybridized carbons (Fsp3) is 0.652. The molecule has 0 spiro atoms. The average Bonchev–Trinajstić information content (AvgIpc) is 3.09. The van der Waals surface area contributed by atoms with Crippen molar-refractivity contribution in [3.63, 3.8) is 0 Å². The van der Waals surface area contributed by atoms with Crippen LogP contribution in [-0.4, -0.2) is 66.9 Å². The Balaban J connectivity index is 1.28. The van der Waals surface area contributed by atoms with Crippen LogP contribution in [0, 0.1) is 5.92 Å². The second kappa shape index (κ2) is 10.3. The minimum atomic E-state index is 0.585. The first-order valence-electron chi connectivity index (χ1n) is 11.2. The van der Waals surface area contributed by atoms with Crippen molar-refractivity contribution < 1.29 is 14.0 Å². The summed E-state index contributed by atoms with van der Waals surface area (Å²) >= 11 is 0. The lowest BCUT2D eigenvalue weighted by Gasteiger charge is -2.34. The molecule has 0 atom stereocenters. The Kier molecular flexibility index (Phi) is 7.23. The number of benzene rings is 1. The first kappa shape index (κ1) is 21.1. The molecule has 2 aromatic rings. The largest absolute Gasteiger partial charge is 0.493 e. The zero-order chi connectivity index (χ0) is 20.8. The zero-order valence-electron chi connectivity index (χ0n) is 18.3. The number of piperidine rings is 1. The smallest absolute Gasteiger partial charge is 0.241 e. The van der Waals surface area contributed by atoms with E-state index in [0.29, 0.717) is 23.2 Å². The van der Waals surface area contributed by atoms with Gasteiger partial charge in [-0.3, -0.25) is 4.90 Å². The molecule has 7 heteroatoms. The molecule has 2 fully saturated rings. The van der Waals surface area contributed by atoms with Crippen LogP contribution in [0.5, 0.6) is 11.5 Å². The lowest BCUT2D eigenvalue weighted by Crippen LogP contribution is -2.38. The van der Waals surface area contributed by atoms with E-state index in [2.05, 4.69) is 19.9 Å². The van der Waals surface area contributed by atoms with E-state index in [1.54, 1.807) is 14.2 Å². The van der Waals surface area contributed by atoms with Crippen LogP contribution in [0.1, 0.15) is 44.4 Å². The van der Waals surface area contributed by atoms with Gasteiger partial charge >= 0.3 is 0 Å². The van der Waals surface area contributed by atoms with Gasteiger partial charge in [0, 0.05) is 12.1 Å². The molecule has 0 unspecified atom stereocenters. The number of likely N-dealkylation sites (tertiary alicyclic amines) is 2. The van der Waals surface area contributed by atoms with Crippen molar-refractivity contribution in [3.05, 3.63) is 24.1 Å². The first-order valence-corrected chi connectivity index (χ1v) is 11.2. The Morgan fingerprint density at radius 2 is 1.67 bits per heavy atom. The topological polar surface area (TPSA) is 63.9 Å². The van der Waals surface area contributed by atoms with Gasteiger partial charge in [0.15, 0.2) is 11.5 Å². The molecule has 0 bridgehead atoms. The fourth-order valence-electron chi connectivity index (χ4n) is 4.61. The minimum absolute atomic E-state index is 0.585. The van der Waals surface area contributed by atoms with Gasteiger partial charge in [0.2, 0.25) is 11.7 Å². The predicted molar refractivity (Wildman–Crippen MR) is 116 cm³/mol. The van der Waals surface area contributed by atoms with E-state index in [1.807, 2.05) is 18.2 Å². The van der Waals surface area contributed by atoms with Gasteiger partial charge in [0.05, 0.1) is 20.8 Å². The Hall–Kier alpha value is -2.12. The van der Waals surface area contributed by atoms with Crippen molar-refractivity contribution in [2.45, 2.75) is 45.1 Å². The van der Waals surface area contributed by atoms with E-state index in [1.165, 1.54) is 58.2 Å². The monoisotopic (exact) mass is 414 g/mol. The van der Waals surface area contributed by atoms with Crippen molar-refractivity contribution in [1.82, 2.24) is 19.9 Å². The van der Waals surface area contributed by atoms with E-state index in [4.69, 9.17) is 14.0 Å². The molecule has 7 nitrogen and oxygen atoms in total. The standard InChI is InChI=1S/C23H34N4O3/c1-28-20-8-7-19(15-21(20)29-2)23-24-22(30-25-23)17-27-13-9-18(10-14-27)16-26-11-5-3-4-6-12-26/h7-8,15,18H,3-6,9-14,16-17H2,1-2H3. The van der Waals surface area contributed by atoms with Crippen LogP contribution in [0.25, 0.3) is 11.4 Å². The second-order valence-corrected chi connectivity index (χ2v) is 8.52. The molecule has 0 aliphatic carbocycles. The minimum Gasteiger partial charge on any atom is -0.493 e. The number of hydrogen-bond acceptors (Lipinski definition) is 7. The number of ether oxygens (including phenoxy) is 2. The van der Waals surface area contributed by atoms with Crippen molar-refractivity contribution in [2.75, 3.05) is 46.9 Å². The summed E-state index contributed by atoms with van der Waals surface area (Å²) < 4.78 is 16.2. The SMILES string of the molecule is COc1ccc(-c2noc(CN3CCC(CN4CCCCCC4)CC3)n2)cc1OC. The van der Waals surface area contributed by atoms with E-state index in [0.717, 1.165) is 31.1 Å². The second-order valence-electron chi connectivity index (χ2n) is 8.52. The predicted octanol–water partition coefficient (Wildman–Crippen LogP) is 3.84. The van der Waals surface area contributed by atoms with E-state index < -0.39 is 0 Å². The summed E-state index contributed by atoms with van der Waals surface area (Å²) in [6, 6.07) is 5.66. The average molecular weight is 415 g/mol. The Morgan fingerprint density at radius 1 is 0.933 bits per heavy atom. The van der Waals surface area contributed by atoms with E-state index >= 15 is 0 Å². The van der Waals surface area contributed by atoms with Gasteiger partial charge in [0.1, 0.15) is 0 Å². The molecule has 2 saturated heterocycles. The molecule has 4 rings (SSSR count). The number of aromatic nitrogens is 2. The van der Waals surface area contributed by atoms with Gasteiger partial charge in [-0.1, -0.05) is 18.0 Å². The summed E-state index contributed by atoms with van der Waals surface area (Å²) in [5, 5.41) is 4.17.